The molecule has 112 valence electrons. The van der Waals surface area contributed by atoms with Crippen LogP contribution in [-0.4, -0.2) is 36.7 Å². The lowest BCUT2D eigenvalue weighted by Gasteiger charge is -2.38. The van der Waals surface area contributed by atoms with Crippen LogP contribution in [0.3, 0.4) is 0 Å². The maximum atomic E-state index is 13.3. The lowest BCUT2D eigenvalue weighted by Crippen LogP contribution is -2.42. The monoisotopic (exact) mass is 280 g/mol. The number of rotatable bonds is 4. The van der Waals surface area contributed by atoms with Gasteiger partial charge in [-0.05, 0) is 63.5 Å². The van der Waals surface area contributed by atoms with Gasteiger partial charge in [0.05, 0.1) is 0 Å². The molecule has 0 radical (unpaired) electrons. The Labute approximate surface area is 120 Å². The molecule has 3 nitrogen and oxygen atoms in total. The summed E-state index contributed by atoms with van der Waals surface area (Å²) in [6.45, 7) is 7.39. The van der Waals surface area contributed by atoms with Gasteiger partial charge in [0.2, 0.25) is 0 Å². The summed E-state index contributed by atoms with van der Waals surface area (Å²) >= 11 is 0. The van der Waals surface area contributed by atoms with Gasteiger partial charge in [0, 0.05) is 18.2 Å². The van der Waals surface area contributed by atoms with Crippen molar-refractivity contribution in [1.29, 1.82) is 0 Å². The SMILES string of the molecule is CC(NCC1(C)CCN(C)CC1)c1cc(F)ccc1O. The van der Waals surface area contributed by atoms with Gasteiger partial charge in [-0.15, -0.1) is 0 Å². The van der Waals surface area contributed by atoms with Crippen LogP contribution >= 0.6 is 0 Å². The van der Waals surface area contributed by atoms with Crippen LogP contribution < -0.4 is 5.32 Å². The molecule has 1 aromatic carbocycles. The third-order valence-corrected chi connectivity index (χ3v) is 4.49. The van der Waals surface area contributed by atoms with Crippen molar-refractivity contribution in [3.63, 3.8) is 0 Å². The van der Waals surface area contributed by atoms with Gasteiger partial charge >= 0.3 is 0 Å². The van der Waals surface area contributed by atoms with Crippen molar-refractivity contribution in [3.05, 3.63) is 29.6 Å². The Bertz CT molecular complexity index is 456. The van der Waals surface area contributed by atoms with E-state index in [9.17, 15) is 9.50 Å². The van der Waals surface area contributed by atoms with Crippen molar-refractivity contribution in [2.45, 2.75) is 32.7 Å². The van der Waals surface area contributed by atoms with Crippen LogP contribution in [0.25, 0.3) is 0 Å². The van der Waals surface area contributed by atoms with Gasteiger partial charge in [-0.25, -0.2) is 4.39 Å². The molecule has 4 heteroatoms. The molecule has 20 heavy (non-hydrogen) atoms. The number of nitrogens with zero attached hydrogens (tertiary/aromatic N) is 1. The molecule has 1 aliphatic heterocycles. The van der Waals surface area contributed by atoms with Gasteiger partial charge in [0.15, 0.2) is 0 Å². The quantitative estimate of drug-likeness (QED) is 0.890. The average molecular weight is 280 g/mol. The summed E-state index contributed by atoms with van der Waals surface area (Å²) in [6.07, 6.45) is 2.33. The first-order valence-corrected chi connectivity index (χ1v) is 7.30. The third-order valence-electron chi connectivity index (χ3n) is 4.49. The van der Waals surface area contributed by atoms with E-state index < -0.39 is 0 Å². The highest BCUT2D eigenvalue weighted by Crippen LogP contribution is 2.31. The van der Waals surface area contributed by atoms with Crippen LogP contribution in [0.1, 0.15) is 38.3 Å². The number of nitrogens with one attached hydrogen (secondary N) is 1. The second kappa shape index (κ2) is 6.10. The summed E-state index contributed by atoms with van der Waals surface area (Å²) in [4.78, 5) is 2.35. The molecule has 1 unspecified atom stereocenters. The van der Waals surface area contributed by atoms with E-state index in [1.807, 2.05) is 6.92 Å². The Kier molecular flexibility index (Phi) is 4.66. The largest absolute Gasteiger partial charge is 0.508 e. The first-order chi connectivity index (χ1) is 9.39. The molecule has 2 rings (SSSR count). The average Bonchev–Trinajstić information content (AvgIpc) is 2.43. The molecule has 1 fully saturated rings. The molecule has 1 aliphatic rings. The smallest absolute Gasteiger partial charge is 0.123 e. The van der Waals surface area contributed by atoms with E-state index in [0.29, 0.717) is 5.56 Å². The Morgan fingerprint density at radius 2 is 2.05 bits per heavy atom. The van der Waals surface area contributed by atoms with E-state index in [1.54, 1.807) is 0 Å². The minimum atomic E-state index is -0.308. The zero-order valence-electron chi connectivity index (χ0n) is 12.6. The van der Waals surface area contributed by atoms with Gasteiger partial charge in [-0.3, -0.25) is 0 Å². The Hall–Kier alpha value is -1.13. The van der Waals surface area contributed by atoms with Crippen molar-refractivity contribution in [3.8, 4) is 5.75 Å². The highest BCUT2D eigenvalue weighted by molar-refractivity contribution is 5.34. The minimum absolute atomic E-state index is 0.0535. The van der Waals surface area contributed by atoms with Gasteiger partial charge in [-0.2, -0.15) is 0 Å². The summed E-state index contributed by atoms with van der Waals surface area (Å²) in [5.41, 5.74) is 0.908. The number of likely N-dealkylation sites (tertiary alicyclic amines) is 1. The van der Waals surface area contributed by atoms with E-state index in [-0.39, 0.29) is 23.0 Å². The molecule has 0 saturated carbocycles. The fraction of sp³-hybridized carbons (Fsp3) is 0.625. The van der Waals surface area contributed by atoms with E-state index in [1.165, 1.54) is 31.0 Å². The van der Waals surface area contributed by atoms with Crippen molar-refractivity contribution in [1.82, 2.24) is 10.2 Å². The lowest BCUT2D eigenvalue weighted by molar-refractivity contribution is 0.134. The van der Waals surface area contributed by atoms with Crippen molar-refractivity contribution >= 4 is 0 Å². The number of phenolic OH excluding ortho intramolecular Hbond substituents is 1. The van der Waals surface area contributed by atoms with E-state index in [0.717, 1.165) is 19.6 Å². The standard InChI is InChI=1S/C16H25FN2O/c1-12(14-10-13(17)4-5-15(14)20)18-11-16(2)6-8-19(3)9-7-16/h4-5,10,12,18,20H,6-9,11H2,1-3H3. The minimum Gasteiger partial charge on any atom is -0.508 e. The second-order valence-corrected chi connectivity index (χ2v) is 6.42. The Morgan fingerprint density at radius 1 is 1.40 bits per heavy atom. The van der Waals surface area contributed by atoms with Crippen LogP contribution in [0.2, 0.25) is 0 Å². The topological polar surface area (TPSA) is 35.5 Å². The highest BCUT2D eigenvalue weighted by atomic mass is 19.1. The number of hydrogen-bond acceptors (Lipinski definition) is 3. The Morgan fingerprint density at radius 3 is 2.70 bits per heavy atom. The summed E-state index contributed by atoms with van der Waals surface area (Å²) in [7, 11) is 2.15. The molecule has 0 bridgehead atoms. The number of benzene rings is 1. The van der Waals surface area contributed by atoms with Crippen LogP contribution in [0.15, 0.2) is 18.2 Å². The van der Waals surface area contributed by atoms with E-state index >= 15 is 0 Å². The lowest BCUT2D eigenvalue weighted by atomic mass is 9.80. The van der Waals surface area contributed by atoms with Crippen LogP contribution in [0.4, 0.5) is 4.39 Å². The molecule has 0 aliphatic carbocycles. The van der Waals surface area contributed by atoms with Crippen molar-refractivity contribution < 1.29 is 9.50 Å². The summed E-state index contributed by atoms with van der Waals surface area (Å²) < 4.78 is 13.3. The third kappa shape index (κ3) is 3.70. The number of piperidine rings is 1. The predicted molar refractivity (Wildman–Crippen MR) is 79.3 cm³/mol. The van der Waals surface area contributed by atoms with E-state index in [4.69, 9.17) is 0 Å². The predicted octanol–water partition coefficient (Wildman–Crippen LogP) is 2.91. The van der Waals surface area contributed by atoms with Gasteiger partial charge in [0.25, 0.3) is 0 Å². The molecule has 1 heterocycles. The molecule has 1 saturated heterocycles. The van der Waals surface area contributed by atoms with E-state index in [2.05, 4.69) is 24.2 Å². The number of phenols is 1. The Balaban J connectivity index is 1.95. The molecule has 0 spiro atoms. The highest BCUT2D eigenvalue weighted by Gasteiger charge is 2.29. The molecular formula is C16H25FN2O. The summed E-state index contributed by atoms with van der Waals surface area (Å²) in [6, 6.07) is 4.05. The van der Waals surface area contributed by atoms with Gasteiger partial charge in [0.1, 0.15) is 11.6 Å². The van der Waals surface area contributed by atoms with Crippen molar-refractivity contribution in [2.75, 3.05) is 26.7 Å². The number of hydrogen-bond donors (Lipinski definition) is 2. The molecular weight excluding hydrogens is 255 g/mol. The fourth-order valence-corrected chi connectivity index (χ4v) is 2.72. The van der Waals surface area contributed by atoms with Crippen LogP contribution in [0.5, 0.6) is 5.75 Å². The normalized spacial score (nSPS) is 20.8. The van der Waals surface area contributed by atoms with Gasteiger partial charge in [-0.1, -0.05) is 6.92 Å². The van der Waals surface area contributed by atoms with Crippen molar-refractivity contribution in [2.24, 2.45) is 5.41 Å². The first-order valence-electron chi connectivity index (χ1n) is 7.30. The van der Waals surface area contributed by atoms with Crippen LogP contribution in [-0.2, 0) is 0 Å². The zero-order valence-corrected chi connectivity index (χ0v) is 12.6. The number of halogens is 1. The van der Waals surface area contributed by atoms with Gasteiger partial charge < -0.3 is 15.3 Å². The number of aromatic hydroxyl groups is 1. The molecule has 0 aromatic heterocycles. The molecule has 0 amide bonds. The maximum absolute atomic E-state index is 13.3. The second-order valence-electron chi connectivity index (χ2n) is 6.42. The van der Waals surface area contributed by atoms with Crippen LogP contribution in [0, 0.1) is 11.2 Å². The molecule has 2 N–H and O–H groups in total. The fourth-order valence-electron chi connectivity index (χ4n) is 2.72. The maximum Gasteiger partial charge on any atom is 0.123 e. The molecule has 1 aromatic rings. The molecule has 1 atom stereocenters. The zero-order chi connectivity index (χ0) is 14.8. The summed E-state index contributed by atoms with van der Waals surface area (Å²) in [5, 5.41) is 13.3. The summed E-state index contributed by atoms with van der Waals surface area (Å²) in [5.74, 6) is -0.156. The first kappa shape index (κ1) is 15.3.